The maximum atomic E-state index is 12.3. The molecule has 0 bridgehead atoms. The number of carboxylic acids is 1. The lowest BCUT2D eigenvalue weighted by atomic mass is 10.2. The van der Waals surface area contributed by atoms with Crippen molar-refractivity contribution in [2.75, 3.05) is 26.2 Å². The van der Waals surface area contributed by atoms with Crippen LogP contribution in [0.15, 0.2) is 53.9 Å². The Morgan fingerprint density at radius 1 is 1.17 bits per heavy atom. The maximum Gasteiger partial charge on any atom is 0.338 e. The Hall–Kier alpha value is -2.86. The molecule has 0 amide bonds. The first-order valence-corrected chi connectivity index (χ1v) is 10.4. The molecule has 0 saturated carbocycles. The topological polar surface area (TPSA) is 143 Å². The molecule has 0 spiro atoms. The third kappa shape index (κ3) is 4.95. The standard InChI is InChI=1S/C11H17N3O2S.C7H5N3O2/c12-9-10-1-3-11(4-2-10)17(15,16)14-7-5-13-6-8-14;11-6(12)5-3-9-7-8-1-2-10(7)4-5/h1-4,13H,5-9,12H2;1-4H,(H,11,12). The summed E-state index contributed by atoms with van der Waals surface area (Å²) in [6, 6.07) is 6.77. The van der Waals surface area contributed by atoms with Crippen LogP contribution in [0.3, 0.4) is 0 Å². The Labute approximate surface area is 168 Å². The molecular weight excluding hydrogens is 396 g/mol. The molecule has 1 aliphatic heterocycles. The van der Waals surface area contributed by atoms with Gasteiger partial charge in [-0.25, -0.2) is 23.2 Å². The summed E-state index contributed by atoms with van der Waals surface area (Å²) in [7, 11) is -3.33. The molecule has 1 saturated heterocycles. The zero-order valence-electron chi connectivity index (χ0n) is 15.6. The van der Waals surface area contributed by atoms with E-state index in [1.165, 1.54) is 16.7 Å². The number of rotatable bonds is 4. The summed E-state index contributed by atoms with van der Waals surface area (Å²) in [4.78, 5) is 18.5. The van der Waals surface area contributed by atoms with Gasteiger partial charge in [0.15, 0.2) is 0 Å². The van der Waals surface area contributed by atoms with E-state index in [2.05, 4.69) is 15.3 Å². The van der Waals surface area contributed by atoms with Gasteiger partial charge in [0.25, 0.3) is 0 Å². The Morgan fingerprint density at radius 2 is 1.86 bits per heavy atom. The number of hydrogen-bond donors (Lipinski definition) is 3. The molecular formula is C18H22N6O4S. The summed E-state index contributed by atoms with van der Waals surface area (Å²) in [5, 5.41) is 11.7. The molecule has 0 radical (unpaired) electrons. The normalized spacial score (nSPS) is 14.9. The number of nitrogens with zero attached hydrogens (tertiary/aromatic N) is 4. The Balaban J connectivity index is 0.000000176. The van der Waals surface area contributed by atoms with Crippen molar-refractivity contribution in [3.63, 3.8) is 0 Å². The van der Waals surface area contributed by atoms with Crippen molar-refractivity contribution >= 4 is 21.8 Å². The third-order valence-electron chi connectivity index (χ3n) is 4.37. The summed E-state index contributed by atoms with van der Waals surface area (Å²) in [5.41, 5.74) is 6.57. The van der Waals surface area contributed by atoms with E-state index < -0.39 is 16.0 Å². The Kier molecular flexibility index (Phi) is 6.54. The van der Waals surface area contributed by atoms with Crippen LogP contribution in [0.5, 0.6) is 0 Å². The van der Waals surface area contributed by atoms with Crippen LogP contribution in [0, 0.1) is 0 Å². The number of carbonyl (C=O) groups is 1. The van der Waals surface area contributed by atoms with Crippen LogP contribution in [0.25, 0.3) is 5.78 Å². The van der Waals surface area contributed by atoms with Crippen LogP contribution in [-0.4, -0.2) is 64.3 Å². The summed E-state index contributed by atoms with van der Waals surface area (Å²) >= 11 is 0. The average Bonchev–Trinajstić information content (AvgIpc) is 3.23. The number of aromatic carboxylic acids is 1. The zero-order chi connectivity index (χ0) is 20.9. The molecule has 2 aromatic heterocycles. The lowest BCUT2D eigenvalue weighted by Gasteiger charge is -2.26. The van der Waals surface area contributed by atoms with E-state index in [1.54, 1.807) is 41.1 Å². The molecule has 0 atom stereocenters. The molecule has 3 heterocycles. The minimum Gasteiger partial charge on any atom is -0.478 e. The molecule has 154 valence electrons. The fraction of sp³-hybridized carbons (Fsp3) is 0.278. The lowest BCUT2D eigenvalue weighted by Crippen LogP contribution is -2.46. The SMILES string of the molecule is NCc1ccc(S(=O)(=O)N2CCNCC2)cc1.O=C(O)c1cnc2nccn2c1. The van der Waals surface area contributed by atoms with Crippen molar-refractivity contribution in [3.05, 3.63) is 60.2 Å². The number of carboxylic acid groups (broad SMARTS) is 1. The molecule has 1 aliphatic rings. The minimum absolute atomic E-state index is 0.153. The molecule has 29 heavy (non-hydrogen) atoms. The smallest absolute Gasteiger partial charge is 0.338 e. The van der Waals surface area contributed by atoms with Crippen molar-refractivity contribution in [2.24, 2.45) is 5.73 Å². The molecule has 11 heteroatoms. The number of imidazole rings is 1. The van der Waals surface area contributed by atoms with Crippen LogP contribution < -0.4 is 11.1 Å². The lowest BCUT2D eigenvalue weighted by molar-refractivity contribution is 0.0696. The van der Waals surface area contributed by atoms with Gasteiger partial charge in [0.05, 0.1) is 10.5 Å². The number of hydrogen-bond acceptors (Lipinski definition) is 7. The summed E-state index contributed by atoms with van der Waals surface area (Å²) in [5.74, 6) is -0.488. The highest BCUT2D eigenvalue weighted by atomic mass is 32.2. The van der Waals surface area contributed by atoms with Gasteiger partial charge in [0.1, 0.15) is 0 Å². The number of aromatic nitrogens is 3. The number of nitrogens with two attached hydrogens (primary N) is 1. The van der Waals surface area contributed by atoms with E-state index in [0.717, 1.165) is 5.56 Å². The summed E-state index contributed by atoms with van der Waals surface area (Å²) in [6.07, 6.45) is 5.96. The van der Waals surface area contributed by atoms with Crippen molar-refractivity contribution in [1.29, 1.82) is 0 Å². The predicted octanol–water partition coefficient (Wildman–Crippen LogP) is 0.167. The maximum absolute atomic E-state index is 12.3. The van der Waals surface area contributed by atoms with Crippen LogP contribution in [0.2, 0.25) is 0 Å². The Morgan fingerprint density at radius 3 is 2.48 bits per heavy atom. The molecule has 1 fully saturated rings. The minimum atomic E-state index is -3.33. The van der Waals surface area contributed by atoms with Crippen LogP contribution >= 0.6 is 0 Å². The second-order valence-corrected chi connectivity index (χ2v) is 8.22. The average molecular weight is 418 g/mol. The highest BCUT2D eigenvalue weighted by molar-refractivity contribution is 7.89. The highest BCUT2D eigenvalue weighted by Crippen LogP contribution is 2.16. The number of benzene rings is 1. The van der Waals surface area contributed by atoms with Gasteiger partial charge in [0.2, 0.25) is 15.8 Å². The summed E-state index contributed by atoms with van der Waals surface area (Å²) in [6.45, 7) is 2.90. The van der Waals surface area contributed by atoms with Gasteiger partial charge in [-0.3, -0.25) is 4.40 Å². The molecule has 0 aliphatic carbocycles. The molecule has 4 N–H and O–H groups in total. The van der Waals surface area contributed by atoms with E-state index in [0.29, 0.717) is 43.4 Å². The first-order chi connectivity index (χ1) is 13.9. The van der Waals surface area contributed by atoms with Crippen LogP contribution in [0.4, 0.5) is 0 Å². The van der Waals surface area contributed by atoms with Crippen molar-refractivity contribution < 1.29 is 18.3 Å². The number of fused-ring (bicyclic) bond motifs is 1. The molecule has 0 unspecified atom stereocenters. The number of nitrogens with one attached hydrogen (secondary N) is 1. The molecule has 3 aromatic rings. The van der Waals surface area contributed by atoms with Gasteiger partial charge >= 0.3 is 5.97 Å². The predicted molar refractivity (Wildman–Crippen MR) is 106 cm³/mol. The van der Waals surface area contributed by atoms with E-state index in [-0.39, 0.29) is 5.56 Å². The second-order valence-electron chi connectivity index (χ2n) is 6.28. The third-order valence-corrected chi connectivity index (χ3v) is 6.28. The largest absolute Gasteiger partial charge is 0.478 e. The number of sulfonamides is 1. The van der Waals surface area contributed by atoms with Gasteiger partial charge < -0.3 is 16.2 Å². The zero-order valence-corrected chi connectivity index (χ0v) is 16.4. The van der Waals surface area contributed by atoms with E-state index in [4.69, 9.17) is 10.8 Å². The van der Waals surface area contributed by atoms with Crippen LogP contribution in [0.1, 0.15) is 15.9 Å². The van der Waals surface area contributed by atoms with Crippen molar-refractivity contribution in [1.82, 2.24) is 24.0 Å². The van der Waals surface area contributed by atoms with Crippen molar-refractivity contribution in [3.8, 4) is 0 Å². The van der Waals surface area contributed by atoms with Crippen molar-refractivity contribution in [2.45, 2.75) is 11.4 Å². The summed E-state index contributed by atoms with van der Waals surface area (Å²) < 4.78 is 27.6. The van der Waals surface area contributed by atoms with Crippen LogP contribution in [-0.2, 0) is 16.6 Å². The first kappa shape index (κ1) is 20.9. The highest BCUT2D eigenvalue weighted by Gasteiger charge is 2.25. The molecule has 1 aromatic carbocycles. The fourth-order valence-electron chi connectivity index (χ4n) is 2.76. The monoisotopic (exact) mass is 418 g/mol. The second kappa shape index (κ2) is 9.09. The van der Waals surface area contributed by atoms with Gasteiger partial charge in [-0.15, -0.1) is 0 Å². The van der Waals surface area contributed by atoms with Gasteiger partial charge in [-0.1, -0.05) is 12.1 Å². The van der Waals surface area contributed by atoms with E-state index in [9.17, 15) is 13.2 Å². The van der Waals surface area contributed by atoms with E-state index >= 15 is 0 Å². The van der Waals surface area contributed by atoms with Gasteiger partial charge in [0, 0.05) is 57.5 Å². The number of piperazine rings is 1. The molecule has 10 nitrogen and oxygen atoms in total. The quantitative estimate of drug-likeness (QED) is 0.544. The Bertz CT molecular complexity index is 1080. The first-order valence-electron chi connectivity index (χ1n) is 8.93. The van der Waals surface area contributed by atoms with E-state index in [1.807, 2.05) is 0 Å². The van der Waals surface area contributed by atoms with Gasteiger partial charge in [-0.2, -0.15) is 4.31 Å². The fourth-order valence-corrected chi connectivity index (χ4v) is 4.20. The van der Waals surface area contributed by atoms with Gasteiger partial charge in [-0.05, 0) is 17.7 Å². The molecule has 4 rings (SSSR count).